The molecule has 6 heteroatoms. The Morgan fingerprint density at radius 2 is 1.69 bits per heavy atom. The third-order valence-corrected chi connectivity index (χ3v) is 5.07. The number of ketones is 1. The van der Waals surface area contributed by atoms with Crippen molar-refractivity contribution in [1.82, 2.24) is 5.32 Å². The van der Waals surface area contributed by atoms with Crippen LogP contribution in [0.15, 0.2) is 54.6 Å². The van der Waals surface area contributed by atoms with Crippen LogP contribution in [-0.4, -0.2) is 18.7 Å². The molecule has 1 amide bonds. The molecule has 3 aromatic rings. The summed E-state index contributed by atoms with van der Waals surface area (Å²) in [5, 5.41) is 5.50. The summed E-state index contributed by atoms with van der Waals surface area (Å²) in [6.07, 6.45) is 1.28. The molecule has 4 nitrogen and oxygen atoms in total. The van der Waals surface area contributed by atoms with Crippen molar-refractivity contribution in [3.05, 3.63) is 94.0 Å². The van der Waals surface area contributed by atoms with Crippen molar-refractivity contribution in [2.45, 2.75) is 12.8 Å². The molecule has 3 aromatic carbocycles. The van der Waals surface area contributed by atoms with Crippen molar-refractivity contribution < 1.29 is 18.4 Å². The first kappa shape index (κ1) is 18.8. The lowest BCUT2D eigenvalue weighted by Gasteiger charge is -2.11. The molecule has 0 radical (unpaired) electrons. The van der Waals surface area contributed by atoms with Crippen LogP contribution < -0.4 is 10.6 Å². The molecule has 0 bridgehead atoms. The number of hydrogen-bond donors (Lipinski definition) is 2. The minimum absolute atomic E-state index is 0.141. The van der Waals surface area contributed by atoms with Crippen LogP contribution in [0.25, 0.3) is 0 Å². The van der Waals surface area contributed by atoms with Crippen LogP contribution in [0.5, 0.6) is 0 Å². The van der Waals surface area contributed by atoms with E-state index in [4.69, 9.17) is 0 Å². The summed E-state index contributed by atoms with van der Waals surface area (Å²) >= 11 is 0. The largest absolute Gasteiger partial charge is 0.355 e. The third kappa shape index (κ3) is 3.61. The molecule has 0 saturated carbocycles. The number of benzene rings is 3. The molecule has 0 spiro atoms. The minimum atomic E-state index is -0.690. The van der Waals surface area contributed by atoms with Gasteiger partial charge in [0.05, 0.1) is 5.69 Å². The van der Waals surface area contributed by atoms with Crippen LogP contribution in [-0.2, 0) is 12.8 Å². The SMILES string of the molecule is CNC(=O)c1ccc2c(c1)C(=O)c1ccc(Nc3ccc(F)cc3F)cc1CC2. The monoisotopic (exact) mass is 392 g/mol. The predicted octanol–water partition coefficient (Wildman–Crippen LogP) is 4.40. The summed E-state index contributed by atoms with van der Waals surface area (Å²) < 4.78 is 27.0. The number of nitrogens with one attached hydrogen (secondary N) is 2. The van der Waals surface area contributed by atoms with Crippen LogP contribution >= 0.6 is 0 Å². The molecule has 0 aliphatic heterocycles. The number of halogens is 2. The van der Waals surface area contributed by atoms with Gasteiger partial charge in [0, 0.05) is 35.5 Å². The van der Waals surface area contributed by atoms with Crippen LogP contribution in [0.3, 0.4) is 0 Å². The normalized spacial score (nSPS) is 12.6. The lowest BCUT2D eigenvalue weighted by molar-refractivity contribution is 0.0963. The van der Waals surface area contributed by atoms with Gasteiger partial charge in [-0.25, -0.2) is 8.78 Å². The van der Waals surface area contributed by atoms with E-state index in [2.05, 4.69) is 10.6 Å². The Balaban J connectivity index is 1.67. The summed E-state index contributed by atoms with van der Waals surface area (Å²) in [7, 11) is 1.55. The number of carbonyl (C=O) groups excluding carboxylic acids is 2. The zero-order valence-corrected chi connectivity index (χ0v) is 15.7. The zero-order chi connectivity index (χ0) is 20.5. The zero-order valence-electron chi connectivity index (χ0n) is 15.7. The number of hydrogen-bond acceptors (Lipinski definition) is 3. The van der Waals surface area contributed by atoms with Gasteiger partial charge in [-0.1, -0.05) is 6.07 Å². The van der Waals surface area contributed by atoms with Gasteiger partial charge < -0.3 is 10.6 Å². The van der Waals surface area contributed by atoms with Gasteiger partial charge in [0.25, 0.3) is 5.91 Å². The van der Waals surface area contributed by atoms with Crippen molar-refractivity contribution in [2.75, 3.05) is 12.4 Å². The van der Waals surface area contributed by atoms with Gasteiger partial charge in [-0.3, -0.25) is 9.59 Å². The molecule has 0 unspecified atom stereocenters. The van der Waals surface area contributed by atoms with Gasteiger partial charge in [0.2, 0.25) is 0 Å². The van der Waals surface area contributed by atoms with Gasteiger partial charge >= 0.3 is 0 Å². The predicted molar refractivity (Wildman–Crippen MR) is 107 cm³/mol. The molecule has 1 aliphatic carbocycles. The van der Waals surface area contributed by atoms with Gasteiger partial charge in [0.15, 0.2) is 5.78 Å². The average molecular weight is 392 g/mol. The van der Waals surface area contributed by atoms with Crippen molar-refractivity contribution >= 4 is 23.1 Å². The summed E-state index contributed by atoms with van der Waals surface area (Å²) in [6.45, 7) is 0. The Bertz CT molecular complexity index is 1140. The minimum Gasteiger partial charge on any atom is -0.355 e. The van der Waals surface area contributed by atoms with Crippen LogP contribution in [0, 0.1) is 11.6 Å². The maximum absolute atomic E-state index is 13.9. The molecule has 0 fully saturated rings. The highest BCUT2D eigenvalue weighted by atomic mass is 19.1. The summed E-state index contributed by atoms with van der Waals surface area (Å²) in [6, 6.07) is 13.7. The molecule has 0 atom stereocenters. The number of rotatable bonds is 3. The number of fused-ring (bicyclic) bond motifs is 2. The average Bonchev–Trinajstić information content (AvgIpc) is 2.86. The van der Waals surface area contributed by atoms with E-state index >= 15 is 0 Å². The smallest absolute Gasteiger partial charge is 0.251 e. The highest BCUT2D eigenvalue weighted by Crippen LogP contribution is 2.29. The first-order chi connectivity index (χ1) is 14.0. The molecule has 146 valence electrons. The molecule has 0 heterocycles. The summed E-state index contributed by atoms with van der Waals surface area (Å²) in [4.78, 5) is 25.0. The quantitative estimate of drug-likeness (QED) is 0.695. The second kappa shape index (κ2) is 7.47. The van der Waals surface area contributed by atoms with Crippen LogP contribution in [0.4, 0.5) is 20.2 Å². The van der Waals surface area contributed by atoms with Crippen molar-refractivity contribution in [3.8, 4) is 0 Å². The Morgan fingerprint density at radius 1 is 0.897 bits per heavy atom. The number of aryl methyl sites for hydroxylation is 2. The summed E-state index contributed by atoms with van der Waals surface area (Å²) in [5.41, 5.74) is 4.01. The molecular weight excluding hydrogens is 374 g/mol. The van der Waals surface area contributed by atoms with Crippen molar-refractivity contribution in [2.24, 2.45) is 0 Å². The van der Waals surface area contributed by atoms with E-state index in [1.54, 1.807) is 31.3 Å². The van der Waals surface area contributed by atoms with E-state index in [0.29, 0.717) is 35.2 Å². The van der Waals surface area contributed by atoms with Crippen molar-refractivity contribution in [3.63, 3.8) is 0 Å². The van der Waals surface area contributed by atoms with E-state index in [0.717, 1.165) is 17.2 Å². The summed E-state index contributed by atoms with van der Waals surface area (Å²) in [5.74, 6) is -1.72. The van der Waals surface area contributed by atoms with Gasteiger partial charge in [0.1, 0.15) is 11.6 Å². The maximum atomic E-state index is 13.9. The Hall–Kier alpha value is -3.54. The van der Waals surface area contributed by atoms with Gasteiger partial charge in [-0.2, -0.15) is 0 Å². The van der Waals surface area contributed by atoms with Crippen LogP contribution in [0.2, 0.25) is 0 Å². The number of anilines is 2. The molecule has 0 aromatic heterocycles. The highest BCUT2D eigenvalue weighted by Gasteiger charge is 2.22. The second-order valence-corrected chi connectivity index (χ2v) is 6.90. The van der Waals surface area contributed by atoms with Gasteiger partial charge in [-0.05, 0) is 66.4 Å². The van der Waals surface area contributed by atoms with E-state index in [1.165, 1.54) is 12.1 Å². The van der Waals surface area contributed by atoms with E-state index in [1.807, 2.05) is 12.1 Å². The standard InChI is InChI=1S/C23H18F2N2O2/c1-26-23(29)15-5-3-13-2-4-14-10-17(7-8-18(14)22(28)19(13)11-15)27-21-9-6-16(24)12-20(21)25/h3,5-12,27H,2,4H2,1H3,(H,26,29). The topological polar surface area (TPSA) is 58.2 Å². The molecule has 29 heavy (non-hydrogen) atoms. The number of amides is 1. The molecule has 4 rings (SSSR count). The fourth-order valence-corrected chi connectivity index (χ4v) is 3.55. The van der Waals surface area contributed by atoms with E-state index < -0.39 is 11.6 Å². The molecule has 2 N–H and O–H groups in total. The fraction of sp³-hybridized carbons (Fsp3) is 0.130. The lowest BCUT2D eigenvalue weighted by atomic mass is 9.96. The van der Waals surface area contributed by atoms with E-state index in [-0.39, 0.29) is 17.4 Å². The maximum Gasteiger partial charge on any atom is 0.251 e. The lowest BCUT2D eigenvalue weighted by Crippen LogP contribution is -2.18. The fourth-order valence-electron chi connectivity index (χ4n) is 3.55. The molecule has 1 aliphatic rings. The highest BCUT2D eigenvalue weighted by molar-refractivity contribution is 6.12. The Morgan fingerprint density at radius 3 is 2.45 bits per heavy atom. The first-order valence-electron chi connectivity index (χ1n) is 9.21. The molecule has 0 saturated heterocycles. The third-order valence-electron chi connectivity index (χ3n) is 5.07. The second-order valence-electron chi connectivity index (χ2n) is 6.90. The molecular formula is C23H18F2N2O2. The number of carbonyl (C=O) groups is 2. The van der Waals surface area contributed by atoms with Crippen LogP contribution in [0.1, 0.15) is 37.4 Å². The van der Waals surface area contributed by atoms with Crippen molar-refractivity contribution in [1.29, 1.82) is 0 Å². The Kier molecular flexibility index (Phi) is 4.84. The van der Waals surface area contributed by atoms with E-state index in [9.17, 15) is 18.4 Å². The Labute approximate surface area is 166 Å². The first-order valence-corrected chi connectivity index (χ1v) is 9.21. The van der Waals surface area contributed by atoms with Gasteiger partial charge in [-0.15, -0.1) is 0 Å².